The van der Waals surface area contributed by atoms with E-state index >= 15 is 0 Å². The van der Waals surface area contributed by atoms with E-state index in [0.29, 0.717) is 0 Å². The minimum Gasteiger partial charge on any atom is -1.00 e. The largest absolute Gasteiger partial charge is 1.00 e. The topological polar surface area (TPSA) is 231 Å². The second-order valence-electron chi connectivity index (χ2n) is 8.50. The van der Waals surface area contributed by atoms with Crippen molar-refractivity contribution in [1.29, 1.82) is 0 Å². The van der Waals surface area contributed by atoms with E-state index in [9.17, 15) is 43.9 Å². The van der Waals surface area contributed by atoms with Gasteiger partial charge in [0.2, 0.25) is 12.2 Å². The van der Waals surface area contributed by atoms with E-state index in [1.165, 1.54) is 0 Å². The second-order valence-corrected chi connectivity index (χ2v) is 9.70. The summed E-state index contributed by atoms with van der Waals surface area (Å²) in [6, 6.07) is 7.50. The van der Waals surface area contributed by atoms with E-state index in [1.54, 1.807) is 30.3 Å². The van der Waals surface area contributed by atoms with Crippen molar-refractivity contribution in [2.24, 2.45) is 0 Å². The van der Waals surface area contributed by atoms with E-state index in [2.05, 4.69) is 9.50 Å². The Kier molecular flexibility index (Phi) is 12.9. The molecular formula is C21H32NNaO14S. The summed E-state index contributed by atoms with van der Waals surface area (Å²) in [5.41, 5.74) is 0.733. The van der Waals surface area contributed by atoms with Crippen molar-refractivity contribution in [2.75, 3.05) is 13.2 Å². The first-order valence-corrected chi connectivity index (χ1v) is 12.6. The Morgan fingerprint density at radius 1 is 0.921 bits per heavy atom. The van der Waals surface area contributed by atoms with Crippen LogP contribution in [0.4, 0.5) is 0 Å². The molecule has 38 heavy (non-hydrogen) atoms. The summed E-state index contributed by atoms with van der Waals surface area (Å²) in [4.78, 5) is 11.8. The van der Waals surface area contributed by atoms with Crippen molar-refractivity contribution < 1.29 is 97.4 Å². The van der Waals surface area contributed by atoms with Crippen LogP contribution in [0.25, 0.3) is 0 Å². The number of carbonyl (C=O) groups excluding carboxylic acids is 1. The van der Waals surface area contributed by atoms with Crippen molar-refractivity contribution in [2.45, 2.75) is 74.9 Å². The summed E-state index contributed by atoms with van der Waals surface area (Å²) < 4.78 is 51.1. The van der Waals surface area contributed by atoms with Crippen LogP contribution in [0.2, 0.25) is 0 Å². The molecule has 212 valence electrons. The third-order valence-electron chi connectivity index (χ3n) is 5.77. The zero-order valence-corrected chi connectivity index (χ0v) is 23.5. The Morgan fingerprint density at radius 2 is 1.53 bits per heavy atom. The Hall–Kier alpha value is -0.800. The Labute approximate surface area is 242 Å². The van der Waals surface area contributed by atoms with E-state index in [1.807, 2.05) is 0 Å². The van der Waals surface area contributed by atoms with Crippen LogP contribution < -0.4 is 34.9 Å². The predicted molar refractivity (Wildman–Crippen MR) is 120 cm³/mol. The van der Waals surface area contributed by atoms with Crippen LogP contribution in [0.15, 0.2) is 30.3 Å². The number of aliphatic hydroxyl groups is 6. The van der Waals surface area contributed by atoms with Crippen LogP contribution >= 0.6 is 0 Å². The number of aliphatic hydroxyl groups excluding tert-OH is 6. The summed E-state index contributed by atoms with van der Waals surface area (Å²) in [5.74, 6) is -0.609. The van der Waals surface area contributed by atoms with Gasteiger partial charge in [-0.1, -0.05) is 30.3 Å². The first kappa shape index (κ1) is 33.4. The van der Waals surface area contributed by atoms with Gasteiger partial charge >= 0.3 is 40.0 Å². The van der Waals surface area contributed by atoms with Gasteiger partial charge in [0.05, 0.1) is 19.8 Å². The van der Waals surface area contributed by atoms with Gasteiger partial charge in [-0.25, -0.2) is 8.37 Å². The monoisotopic (exact) mass is 577 g/mol. The summed E-state index contributed by atoms with van der Waals surface area (Å²) in [6.07, 6.45) is -15.7. The number of amides is 1. The standard InChI is InChI=1S/C21H31NO14S.Na.H/c1-10(25)22-14-16(27)19(13(8-24)34-20(14)32-9-11-5-3-2-4-6-11)35-37(30,31)36-21-18(29)17(28)15(26)12(7-23)33-21;;/h2-6,12-21,23-24,26-29H,7-9H2,1H3,(H,22,25);;/q;+1;-1/t12-,13-,14+,15+,16-,17+,18-,19-,20+,21+;;/m1../s1. The zero-order chi connectivity index (χ0) is 27.3. The van der Waals surface area contributed by atoms with Crippen molar-refractivity contribution in [3.8, 4) is 0 Å². The second kappa shape index (κ2) is 14.7. The molecule has 0 aromatic heterocycles. The average molecular weight is 578 g/mol. The molecule has 1 amide bonds. The molecule has 2 aliphatic rings. The fourth-order valence-electron chi connectivity index (χ4n) is 3.89. The van der Waals surface area contributed by atoms with Crippen LogP contribution in [0.5, 0.6) is 0 Å². The van der Waals surface area contributed by atoms with E-state index < -0.39 is 90.9 Å². The van der Waals surface area contributed by atoms with Gasteiger partial charge in [0.1, 0.15) is 48.8 Å². The molecule has 0 aliphatic carbocycles. The molecule has 2 aliphatic heterocycles. The zero-order valence-electron chi connectivity index (χ0n) is 21.6. The number of carbonyl (C=O) groups is 1. The molecule has 0 bridgehead atoms. The first-order chi connectivity index (χ1) is 17.5. The molecule has 0 radical (unpaired) electrons. The average Bonchev–Trinajstić information content (AvgIpc) is 2.86. The van der Waals surface area contributed by atoms with Crippen molar-refractivity contribution >= 4 is 16.3 Å². The fourth-order valence-corrected chi connectivity index (χ4v) is 4.84. The Morgan fingerprint density at radius 3 is 2.11 bits per heavy atom. The number of benzene rings is 1. The Bertz CT molecular complexity index is 992. The third kappa shape index (κ3) is 8.35. The van der Waals surface area contributed by atoms with Crippen molar-refractivity contribution in [3.63, 3.8) is 0 Å². The van der Waals surface area contributed by atoms with Gasteiger partial charge in [-0.2, -0.15) is 8.42 Å². The summed E-state index contributed by atoms with van der Waals surface area (Å²) >= 11 is 0. The smallest absolute Gasteiger partial charge is 1.00 e. The molecule has 15 nitrogen and oxygen atoms in total. The number of ether oxygens (including phenoxy) is 3. The molecular weight excluding hydrogens is 545 g/mol. The molecule has 2 fully saturated rings. The Balaban J connectivity index is 0.00000380. The summed E-state index contributed by atoms with van der Waals surface area (Å²) in [6.45, 7) is -0.532. The van der Waals surface area contributed by atoms with Gasteiger partial charge in [-0.3, -0.25) is 4.79 Å². The van der Waals surface area contributed by atoms with Gasteiger partial charge in [0, 0.05) is 6.92 Å². The van der Waals surface area contributed by atoms with Gasteiger partial charge in [0.15, 0.2) is 6.29 Å². The number of hydrogen-bond donors (Lipinski definition) is 7. The first-order valence-electron chi connectivity index (χ1n) is 11.3. The van der Waals surface area contributed by atoms with Gasteiger partial charge in [-0.15, -0.1) is 0 Å². The maximum atomic E-state index is 12.6. The van der Waals surface area contributed by atoms with Crippen LogP contribution in [-0.2, 0) is 44.4 Å². The molecule has 2 heterocycles. The van der Waals surface area contributed by atoms with E-state index in [-0.39, 0.29) is 37.6 Å². The van der Waals surface area contributed by atoms with Gasteiger partial charge in [0.25, 0.3) is 0 Å². The third-order valence-corrected chi connectivity index (χ3v) is 6.65. The quantitative estimate of drug-likeness (QED) is 0.128. The summed E-state index contributed by atoms with van der Waals surface area (Å²) in [7, 11) is -5.15. The molecule has 1 aromatic rings. The van der Waals surface area contributed by atoms with Crippen LogP contribution in [0.1, 0.15) is 13.9 Å². The molecule has 0 unspecified atom stereocenters. The molecule has 2 saturated heterocycles. The van der Waals surface area contributed by atoms with E-state index in [0.717, 1.165) is 12.5 Å². The van der Waals surface area contributed by atoms with Crippen LogP contribution in [0, 0.1) is 0 Å². The van der Waals surface area contributed by atoms with Gasteiger partial charge in [-0.05, 0) is 5.56 Å². The van der Waals surface area contributed by atoms with Crippen LogP contribution in [0.3, 0.4) is 0 Å². The molecule has 1 aromatic carbocycles. The van der Waals surface area contributed by atoms with Crippen molar-refractivity contribution in [3.05, 3.63) is 35.9 Å². The van der Waals surface area contributed by atoms with Gasteiger partial charge < -0.3 is 51.6 Å². The van der Waals surface area contributed by atoms with Crippen LogP contribution in [-0.4, -0.2) is 120 Å². The summed E-state index contributed by atoms with van der Waals surface area (Å²) in [5, 5.41) is 62.0. The maximum absolute atomic E-state index is 12.6. The molecule has 7 N–H and O–H groups in total. The SMILES string of the molecule is CC(=O)N[C@@H]1[C@@H](OCc2ccccc2)O[C@H](CO)[C@@H](OS(=O)(=O)O[C@@H]2O[C@H](CO)[C@H](O)[C@H](O)[C@H]2O)[C@@H]1O.[H-].[Na+]. The molecule has 17 heteroatoms. The molecule has 3 rings (SSSR count). The number of nitrogens with one attached hydrogen (secondary N) is 1. The predicted octanol–water partition coefficient (Wildman–Crippen LogP) is -6.65. The number of rotatable bonds is 10. The fraction of sp³-hybridized carbons (Fsp3) is 0.667. The maximum Gasteiger partial charge on any atom is 1.00 e. The van der Waals surface area contributed by atoms with Crippen molar-refractivity contribution in [1.82, 2.24) is 5.32 Å². The molecule has 0 spiro atoms. The minimum absolute atomic E-state index is 0. The molecule has 10 atom stereocenters. The van der Waals surface area contributed by atoms with E-state index in [4.69, 9.17) is 18.4 Å². The molecule has 0 saturated carbocycles. The minimum atomic E-state index is -5.15. The number of hydrogen-bond acceptors (Lipinski definition) is 14. The normalized spacial score (nSPS) is 35.8.